The molecule has 1 aromatic rings. The lowest BCUT2D eigenvalue weighted by atomic mass is 10.5. The molecule has 0 fully saturated rings. The smallest absolute Gasteiger partial charge is 0.303 e. The van der Waals surface area contributed by atoms with Gasteiger partial charge in [0, 0.05) is 6.42 Å². The van der Waals surface area contributed by atoms with Gasteiger partial charge < -0.3 is 4.52 Å². The number of halogens is 1. The van der Waals surface area contributed by atoms with E-state index < -0.39 is 6.14 Å². The minimum absolute atomic E-state index is 0.405. The summed E-state index contributed by atoms with van der Waals surface area (Å²) in [5.41, 5.74) is 0. The summed E-state index contributed by atoms with van der Waals surface area (Å²) in [4.78, 5) is 3.28. The SMILES string of the molecule is CCc1noc(F)n1. The fourth-order valence-corrected chi connectivity index (χ4v) is 0.376. The van der Waals surface area contributed by atoms with Crippen LogP contribution in [0.3, 0.4) is 0 Å². The molecule has 0 N–H and O–H groups in total. The van der Waals surface area contributed by atoms with Gasteiger partial charge >= 0.3 is 6.14 Å². The fraction of sp³-hybridized carbons (Fsp3) is 0.500. The maximum Gasteiger partial charge on any atom is 0.405 e. The Bertz CT molecular complexity index is 174. The Hall–Kier alpha value is -0.930. The molecule has 0 atom stereocenters. The van der Waals surface area contributed by atoms with Gasteiger partial charge in [0.2, 0.25) is 0 Å². The number of aryl methyl sites for hydroxylation is 1. The number of hydrogen-bond acceptors (Lipinski definition) is 3. The molecule has 1 aromatic heterocycles. The maximum absolute atomic E-state index is 11.8. The Kier molecular flexibility index (Phi) is 1.24. The number of rotatable bonds is 1. The van der Waals surface area contributed by atoms with Crippen LogP contribution in [0.1, 0.15) is 12.7 Å². The van der Waals surface area contributed by atoms with Gasteiger partial charge in [-0.05, 0) is 0 Å². The standard InChI is InChI=1S/C4H5FN2O/c1-2-3-6-4(5)8-7-3/h2H2,1H3. The first-order valence-electron chi connectivity index (χ1n) is 2.31. The number of nitrogens with zero attached hydrogens (tertiary/aromatic N) is 2. The van der Waals surface area contributed by atoms with Crippen molar-refractivity contribution in [3.8, 4) is 0 Å². The van der Waals surface area contributed by atoms with Crippen LogP contribution >= 0.6 is 0 Å². The molecule has 0 bridgehead atoms. The van der Waals surface area contributed by atoms with Crippen molar-refractivity contribution in [3.63, 3.8) is 0 Å². The highest BCUT2D eigenvalue weighted by Crippen LogP contribution is 1.93. The van der Waals surface area contributed by atoms with Crippen LogP contribution in [0, 0.1) is 6.14 Å². The minimum atomic E-state index is -0.859. The molecule has 0 radical (unpaired) electrons. The van der Waals surface area contributed by atoms with Crippen molar-refractivity contribution in [3.05, 3.63) is 12.0 Å². The van der Waals surface area contributed by atoms with E-state index in [4.69, 9.17) is 0 Å². The second kappa shape index (κ2) is 1.90. The van der Waals surface area contributed by atoms with Crippen molar-refractivity contribution < 1.29 is 8.91 Å². The normalized spacial score (nSPS) is 9.75. The average molecular weight is 116 g/mol. The molecule has 0 spiro atoms. The van der Waals surface area contributed by atoms with E-state index in [1.54, 1.807) is 0 Å². The highest BCUT2D eigenvalue weighted by Gasteiger charge is 1.99. The van der Waals surface area contributed by atoms with Crippen molar-refractivity contribution in [2.24, 2.45) is 0 Å². The maximum atomic E-state index is 11.8. The summed E-state index contributed by atoms with van der Waals surface area (Å²) in [6.07, 6.45) is -0.255. The zero-order chi connectivity index (χ0) is 5.98. The summed E-state index contributed by atoms with van der Waals surface area (Å²) < 4.78 is 15.8. The third kappa shape index (κ3) is 0.828. The molecule has 0 aliphatic rings. The van der Waals surface area contributed by atoms with Crippen LogP contribution in [-0.4, -0.2) is 10.1 Å². The van der Waals surface area contributed by atoms with Gasteiger partial charge in [-0.15, -0.1) is 4.39 Å². The first-order valence-corrected chi connectivity index (χ1v) is 2.31. The van der Waals surface area contributed by atoms with E-state index >= 15 is 0 Å². The van der Waals surface area contributed by atoms with Crippen LogP contribution in [0.4, 0.5) is 4.39 Å². The molecule has 0 unspecified atom stereocenters. The third-order valence-electron chi connectivity index (χ3n) is 0.760. The lowest BCUT2D eigenvalue weighted by molar-refractivity contribution is 0.267. The fourth-order valence-electron chi connectivity index (χ4n) is 0.376. The molecule has 0 aliphatic heterocycles. The van der Waals surface area contributed by atoms with Crippen LogP contribution in [-0.2, 0) is 6.42 Å². The lowest BCUT2D eigenvalue weighted by Crippen LogP contribution is -1.80. The van der Waals surface area contributed by atoms with Crippen molar-refractivity contribution in [2.45, 2.75) is 13.3 Å². The number of hydrogen-bond donors (Lipinski definition) is 0. The third-order valence-corrected chi connectivity index (χ3v) is 0.760. The Balaban J connectivity index is 2.84. The van der Waals surface area contributed by atoms with Crippen molar-refractivity contribution in [1.29, 1.82) is 0 Å². The molecule has 0 saturated heterocycles. The highest BCUT2D eigenvalue weighted by molar-refractivity contribution is 4.75. The van der Waals surface area contributed by atoms with Crippen molar-refractivity contribution >= 4 is 0 Å². The quantitative estimate of drug-likeness (QED) is 0.544. The topological polar surface area (TPSA) is 38.9 Å². The summed E-state index contributed by atoms with van der Waals surface area (Å²) in [7, 11) is 0. The predicted molar refractivity (Wildman–Crippen MR) is 23.6 cm³/mol. The summed E-state index contributed by atoms with van der Waals surface area (Å²) in [6, 6.07) is 0. The van der Waals surface area contributed by atoms with E-state index in [1.165, 1.54) is 0 Å². The largest absolute Gasteiger partial charge is 0.405 e. The summed E-state index contributed by atoms with van der Waals surface area (Å²) in [5.74, 6) is 0.405. The number of aromatic nitrogens is 2. The van der Waals surface area contributed by atoms with E-state index in [0.717, 1.165) is 0 Å². The van der Waals surface area contributed by atoms with Gasteiger partial charge in [-0.25, -0.2) is 0 Å². The average Bonchev–Trinajstić information content (AvgIpc) is 2.14. The van der Waals surface area contributed by atoms with E-state index in [0.29, 0.717) is 12.2 Å². The molecule has 8 heavy (non-hydrogen) atoms. The van der Waals surface area contributed by atoms with Crippen LogP contribution < -0.4 is 0 Å². The molecule has 0 saturated carbocycles. The monoisotopic (exact) mass is 116 g/mol. The van der Waals surface area contributed by atoms with Crippen LogP contribution in [0.5, 0.6) is 0 Å². The van der Waals surface area contributed by atoms with Gasteiger partial charge in [0.15, 0.2) is 5.82 Å². The van der Waals surface area contributed by atoms with Crippen LogP contribution in [0.2, 0.25) is 0 Å². The van der Waals surface area contributed by atoms with E-state index in [-0.39, 0.29) is 0 Å². The van der Waals surface area contributed by atoms with Gasteiger partial charge in [0.25, 0.3) is 0 Å². The molecule has 1 heterocycles. The lowest BCUT2D eigenvalue weighted by Gasteiger charge is -1.72. The zero-order valence-electron chi connectivity index (χ0n) is 4.39. The van der Waals surface area contributed by atoms with Gasteiger partial charge in [0.05, 0.1) is 0 Å². The Morgan fingerprint density at radius 1 is 1.75 bits per heavy atom. The molecule has 44 valence electrons. The minimum Gasteiger partial charge on any atom is -0.303 e. The van der Waals surface area contributed by atoms with E-state index in [2.05, 4.69) is 14.7 Å². The van der Waals surface area contributed by atoms with Crippen molar-refractivity contribution in [2.75, 3.05) is 0 Å². The molecular weight excluding hydrogens is 111 g/mol. The van der Waals surface area contributed by atoms with Crippen LogP contribution in [0.15, 0.2) is 4.52 Å². The molecule has 0 aromatic carbocycles. The Morgan fingerprint density at radius 2 is 2.50 bits per heavy atom. The second-order valence-electron chi connectivity index (χ2n) is 1.32. The summed E-state index contributed by atoms with van der Waals surface area (Å²) in [5, 5.41) is 3.27. The summed E-state index contributed by atoms with van der Waals surface area (Å²) in [6.45, 7) is 1.82. The van der Waals surface area contributed by atoms with Crippen molar-refractivity contribution in [1.82, 2.24) is 10.1 Å². The molecule has 4 heteroatoms. The van der Waals surface area contributed by atoms with Crippen LogP contribution in [0.25, 0.3) is 0 Å². The van der Waals surface area contributed by atoms with E-state index in [9.17, 15) is 4.39 Å². The molecule has 0 aliphatic carbocycles. The zero-order valence-corrected chi connectivity index (χ0v) is 4.39. The Morgan fingerprint density at radius 3 is 2.75 bits per heavy atom. The van der Waals surface area contributed by atoms with Gasteiger partial charge in [-0.1, -0.05) is 12.1 Å². The van der Waals surface area contributed by atoms with Gasteiger partial charge in [-0.2, -0.15) is 4.98 Å². The summed E-state index contributed by atoms with van der Waals surface area (Å²) >= 11 is 0. The van der Waals surface area contributed by atoms with E-state index in [1.807, 2.05) is 6.92 Å². The Labute approximate surface area is 45.5 Å². The second-order valence-corrected chi connectivity index (χ2v) is 1.32. The molecule has 3 nitrogen and oxygen atoms in total. The van der Waals surface area contributed by atoms with Gasteiger partial charge in [0.1, 0.15) is 0 Å². The first-order chi connectivity index (χ1) is 3.83. The first kappa shape index (κ1) is 5.21. The predicted octanol–water partition coefficient (Wildman–Crippen LogP) is 0.771. The van der Waals surface area contributed by atoms with Gasteiger partial charge in [-0.3, -0.25) is 0 Å². The molecule has 1 rings (SSSR count). The highest BCUT2D eigenvalue weighted by atomic mass is 19.1. The molecular formula is C4H5FN2O. The molecule has 0 amide bonds.